The van der Waals surface area contributed by atoms with Crippen molar-refractivity contribution in [1.29, 1.82) is 0 Å². The lowest BCUT2D eigenvalue weighted by atomic mass is 10.1. The quantitative estimate of drug-likeness (QED) is 0.345. The number of aryl methyl sites for hydroxylation is 1. The number of morpholine rings is 1. The van der Waals surface area contributed by atoms with E-state index in [-0.39, 0.29) is 5.75 Å². The maximum atomic E-state index is 9.98. The minimum Gasteiger partial charge on any atom is -0.504 e. The lowest BCUT2D eigenvalue weighted by molar-refractivity contribution is 0.0342. The number of nitrogens with zero attached hydrogens (tertiary/aromatic N) is 5. The molecule has 2 aromatic carbocycles. The van der Waals surface area contributed by atoms with E-state index in [1.54, 1.807) is 23.5 Å². The fourth-order valence-corrected chi connectivity index (χ4v) is 5.39. The number of ether oxygens (including phenoxy) is 2. The average molecular weight is 490 g/mol. The van der Waals surface area contributed by atoms with Crippen molar-refractivity contribution in [3.63, 3.8) is 0 Å². The molecule has 0 bridgehead atoms. The van der Waals surface area contributed by atoms with Gasteiger partial charge in [0.15, 0.2) is 17.3 Å². The van der Waals surface area contributed by atoms with Gasteiger partial charge in [0.25, 0.3) is 0 Å². The van der Waals surface area contributed by atoms with Crippen LogP contribution in [0.15, 0.2) is 59.0 Å². The number of methoxy groups -OCH3 is 1. The van der Waals surface area contributed by atoms with E-state index in [1.807, 2.05) is 6.07 Å². The maximum absolute atomic E-state index is 9.98. The third kappa shape index (κ3) is 5.17. The Balaban J connectivity index is 1.39. The van der Waals surface area contributed by atoms with E-state index in [2.05, 4.69) is 56.3 Å². The number of rotatable bonds is 7. The van der Waals surface area contributed by atoms with Crippen LogP contribution in [0.25, 0.3) is 20.7 Å². The third-order valence-electron chi connectivity index (χ3n) is 6.05. The van der Waals surface area contributed by atoms with Crippen LogP contribution in [-0.4, -0.2) is 53.4 Å². The van der Waals surface area contributed by atoms with Gasteiger partial charge in [-0.05, 0) is 47.4 Å². The van der Waals surface area contributed by atoms with Gasteiger partial charge >= 0.3 is 0 Å². The molecule has 4 aromatic rings. The van der Waals surface area contributed by atoms with Gasteiger partial charge in [0.2, 0.25) is 0 Å². The molecule has 0 aliphatic carbocycles. The first kappa shape index (κ1) is 23.3. The van der Waals surface area contributed by atoms with Gasteiger partial charge in [0, 0.05) is 24.5 Å². The van der Waals surface area contributed by atoms with Gasteiger partial charge in [0.05, 0.1) is 32.4 Å². The molecule has 1 fully saturated rings. The highest BCUT2D eigenvalue weighted by molar-refractivity contribution is 7.23. The van der Waals surface area contributed by atoms with Crippen LogP contribution in [0.4, 0.5) is 5.82 Å². The van der Waals surface area contributed by atoms with Gasteiger partial charge in [-0.15, -0.1) is 16.5 Å². The SMILES string of the molecule is COc1ccc(CN=Nc2ncnc3c(C)c(-c4cccc(CN5CCOCC5)c4)sc23)cc1O. The van der Waals surface area contributed by atoms with Crippen LogP contribution < -0.4 is 4.74 Å². The summed E-state index contributed by atoms with van der Waals surface area (Å²) >= 11 is 1.64. The van der Waals surface area contributed by atoms with E-state index in [9.17, 15) is 5.11 Å². The minimum absolute atomic E-state index is 0.0824. The predicted molar refractivity (Wildman–Crippen MR) is 137 cm³/mol. The molecule has 0 spiro atoms. The van der Waals surface area contributed by atoms with Crippen LogP contribution >= 0.6 is 11.3 Å². The number of aromatic nitrogens is 2. The van der Waals surface area contributed by atoms with Gasteiger partial charge in [-0.3, -0.25) is 4.90 Å². The zero-order valence-electron chi connectivity index (χ0n) is 19.8. The summed E-state index contributed by atoms with van der Waals surface area (Å²) in [6, 6.07) is 13.9. The number of fused-ring (bicyclic) bond motifs is 1. The highest BCUT2D eigenvalue weighted by Crippen LogP contribution is 2.40. The predicted octanol–water partition coefficient (Wildman–Crippen LogP) is 5.50. The highest BCUT2D eigenvalue weighted by Gasteiger charge is 2.16. The summed E-state index contributed by atoms with van der Waals surface area (Å²) < 4.78 is 11.5. The monoisotopic (exact) mass is 489 g/mol. The molecule has 35 heavy (non-hydrogen) atoms. The highest BCUT2D eigenvalue weighted by atomic mass is 32.1. The summed E-state index contributed by atoms with van der Waals surface area (Å²) in [6.45, 7) is 6.86. The molecule has 0 saturated carbocycles. The first-order chi connectivity index (χ1) is 17.1. The Hall–Kier alpha value is -3.40. The number of phenols is 1. The Morgan fingerprint density at radius 1 is 1.11 bits per heavy atom. The second-order valence-electron chi connectivity index (χ2n) is 8.43. The van der Waals surface area contributed by atoms with E-state index in [1.165, 1.54) is 29.4 Å². The second-order valence-corrected chi connectivity index (χ2v) is 9.45. The fourth-order valence-electron chi connectivity index (χ4n) is 4.20. The number of phenolic OH excluding ortho intramolecular Hbond substituents is 1. The van der Waals surface area contributed by atoms with Crippen LogP contribution in [0.1, 0.15) is 16.7 Å². The van der Waals surface area contributed by atoms with Gasteiger partial charge in [-0.2, -0.15) is 5.11 Å². The molecule has 180 valence electrons. The molecule has 1 aliphatic heterocycles. The summed E-state index contributed by atoms with van der Waals surface area (Å²) in [5.41, 5.74) is 5.31. The van der Waals surface area contributed by atoms with E-state index in [4.69, 9.17) is 9.47 Å². The molecule has 0 amide bonds. The molecule has 1 N–H and O–H groups in total. The van der Waals surface area contributed by atoms with Crippen molar-refractivity contribution in [3.05, 3.63) is 65.5 Å². The molecule has 0 unspecified atom stereocenters. The van der Waals surface area contributed by atoms with Crippen molar-refractivity contribution < 1.29 is 14.6 Å². The molecule has 3 heterocycles. The summed E-state index contributed by atoms with van der Waals surface area (Å²) in [6.07, 6.45) is 1.54. The zero-order chi connectivity index (χ0) is 24.2. The Kier molecular flexibility index (Phi) is 6.98. The smallest absolute Gasteiger partial charge is 0.195 e. The number of hydrogen-bond donors (Lipinski definition) is 1. The van der Waals surface area contributed by atoms with Gasteiger partial charge in [-0.25, -0.2) is 9.97 Å². The zero-order valence-corrected chi connectivity index (χ0v) is 20.6. The molecule has 1 saturated heterocycles. The number of aromatic hydroxyl groups is 1. The van der Waals surface area contributed by atoms with Gasteiger partial charge < -0.3 is 14.6 Å². The minimum atomic E-state index is 0.0824. The van der Waals surface area contributed by atoms with Crippen LogP contribution in [0, 0.1) is 6.92 Å². The topological polar surface area (TPSA) is 92.4 Å². The summed E-state index contributed by atoms with van der Waals surface area (Å²) in [4.78, 5) is 12.5. The molecular weight excluding hydrogens is 462 g/mol. The van der Waals surface area contributed by atoms with Crippen LogP contribution in [0.3, 0.4) is 0 Å². The molecule has 0 atom stereocenters. The molecule has 5 rings (SSSR count). The van der Waals surface area contributed by atoms with E-state index < -0.39 is 0 Å². The Labute approximate surface area is 207 Å². The second kappa shape index (κ2) is 10.5. The lowest BCUT2D eigenvalue weighted by Crippen LogP contribution is -2.35. The van der Waals surface area contributed by atoms with Crippen molar-refractivity contribution >= 4 is 27.4 Å². The van der Waals surface area contributed by atoms with Crippen molar-refractivity contribution in [1.82, 2.24) is 14.9 Å². The number of hydrogen-bond acceptors (Lipinski definition) is 9. The number of thiophene rings is 1. The lowest BCUT2D eigenvalue weighted by Gasteiger charge is -2.26. The normalized spacial score (nSPS) is 14.7. The first-order valence-electron chi connectivity index (χ1n) is 11.5. The summed E-state index contributed by atoms with van der Waals surface area (Å²) in [5.74, 6) is 1.06. The van der Waals surface area contributed by atoms with Crippen LogP contribution in [0.5, 0.6) is 11.5 Å². The van der Waals surface area contributed by atoms with E-state index >= 15 is 0 Å². The Morgan fingerprint density at radius 3 is 2.77 bits per heavy atom. The van der Waals surface area contributed by atoms with Crippen LogP contribution in [0.2, 0.25) is 0 Å². The van der Waals surface area contributed by atoms with E-state index in [0.29, 0.717) is 18.1 Å². The van der Waals surface area contributed by atoms with E-state index in [0.717, 1.165) is 54.2 Å². The molecular formula is C26H27N5O3S. The van der Waals surface area contributed by atoms with Gasteiger partial charge in [-0.1, -0.05) is 24.3 Å². The first-order valence-corrected chi connectivity index (χ1v) is 12.3. The number of azo groups is 1. The number of benzene rings is 2. The third-order valence-corrected chi connectivity index (χ3v) is 7.37. The van der Waals surface area contributed by atoms with Crippen molar-refractivity contribution in [2.45, 2.75) is 20.0 Å². The molecule has 9 heteroatoms. The van der Waals surface area contributed by atoms with Crippen molar-refractivity contribution in [3.8, 4) is 21.9 Å². The van der Waals surface area contributed by atoms with Crippen molar-refractivity contribution in [2.24, 2.45) is 10.2 Å². The molecule has 0 radical (unpaired) electrons. The summed E-state index contributed by atoms with van der Waals surface area (Å²) in [5, 5.41) is 18.7. The standard InChI is InChI=1S/C26H27N5O3S/c1-17-23-25(26(28-16-27-23)30-29-14-18-6-7-22(33-2)21(32)13-18)35-24(17)20-5-3-4-19(12-20)15-31-8-10-34-11-9-31/h3-7,12-13,16,32H,8-11,14-15H2,1-2H3. The summed E-state index contributed by atoms with van der Waals surface area (Å²) in [7, 11) is 1.52. The Morgan fingerprint density at radius 2 is 1.97 bits per heavy atom. The Bertz CT molecular complexity index is 1360. The largest absolute Gasteiger partial charge is 0.504 e. The fraction of sp³-hybridized carbons (Fsp3) is 0.308. The van der Waals surface area contributed by atoms with Gasteiger partial charge in [0.1, 0.15) is 11.0 Å². The maximum Gasteiger partial charge on any atom is 0.195 e. The van der Waals surface area contributed by atoms with Crippen LogP contribution in [-0.2, 0) is 17.8 Å². The van der Waals surface area contributed by atoms with Crippen molar-refractivity contribution in [2.75, 3.05) is 33.4 Å². The average Bonchev–Trinajstić information content (AvgIpc) is 3.22. The molecule has 2 aromatic heterocycles. The molecule has 8 nitrogen and oxygen atoms in total. The molecule has 1 aliphatic rings.